The van der Waals surface area contributed by atoms with Gasteiger partial charge < -0.3 is 15.4 Å². The largest absolute Gasteiger partial charge is 0.383 e. The Morgan fingerprint density at radius 3 is 2.78 bits per heavy atom. The maximum Gasteiger partial charge on any atom is 0.251 e. The number of hydrogen-bond donors (Lipinski definition) is 2. The number of benzene rings is 1. The molecule has 0 aromatic heterocycles. The quantitative estimate of drug-likeness (QED) is 0.740. The molecule has 100 valence electrons. The molecule has 18 heavy (non-hydrogen) atoms. The van der Waals surface area contributed by atoms with Gasteiger partial charge in [-0.15, -0.1) is 0 Å². The number of ether oxygens (including phenoxy) is 1. The molecule has 1 amide bonds. The van der Waals surface area contributed by atoms with Crippen molar-refractivity contribution in [3.63, 3.8) is 0 Å². The first-order chi connectivity index (χ1) is 8.63. The van der Waals surface area contributed by atoms with Gasteiger partial charge in [-0.1, -0.05) is 11.6 Å². The van der Waals surface area contributed by atoms with Crippen molar-refractivity contribution in [3.05, 3.63) is 34.6 Å². The number of hydrogen-bond acceptors (Lipinski definition) is 3. The van der Waals surface area contributed by atoms with E-state index < -0.39 is 5.82 Å². The van der Waals surface area contributed by atoms with E-state index in [4.69, 9.17) is 16.3 Å². The molecule has 1 rings (SSSR count). The molecule has 1 aromatic carbocycles. The Morgan fingerprint density at radius 2 is 2.11 bits per heavy atom. The summed E-state index contributed by atoms with van der Waals surface area (Å²) in [7, 11) is 1.62. The topological polar surface area (TPSA) is 50.4 Å². The van der Waals surface area contributed by atoms with Gasteiger partial charge in [-0.2, -0.15) is 0 Å². The average Bonchev–Trinajstić information content (AvgIpc) is 2.32. The maximum absolute atomic E-state index is 13.0. The van der Waals surface area contributed by atoms with Crippen molar-refractivity contribution in [2.75, 3.05) is 33.4 Å². The number of amides is 1. The van der Waals surface area contributed by atoms with Gasteiger partial charge in [-0.25, -0.2) is 4.39 Å². The number of rotatable bonds is 7. The minimum absolute atomic E-state index is 0.207. The van der Waals surface area contributed by atoms with Crippen LogP contribution in [0.15, 0.2) is 18.2 Å². The van der Waals surface area contributed by atoms with E-state index in [1.165, 1.54) is 6.07 Å². The minimum Gasteiger partial charge on any atom is -0.383 e. The van der Waals surface area contributed by atoms with E-state index in [-0.39, 0.29) is 16.5 Å². The van der Waals surface area contributed by atoms with Crippen LogP contribution < -0.4 is 10.6 Å². The molecule has 4 nitrogen and oxygen atoms in total. The van der Waals surface area contributed by atoms with Crippen LogP contribution in [0.2, 0.25) is 5.02 Å². The summed E-state index contributed by atoms with van der Waals surface area (Å²) in [5, 5.41) is 5.95. The molecule has 0 spiro atoms. The predicted octanol–water partition coefficient (Wildman–Crippen LogP) is 1.44. The summed E-state index contributed by atoms with van der Waals surface area (Å²) in [6.45, 7) is 2.42. The monoisotopic (exact) mass is 274 g/mol. The number of carbonyl (C=O) groups excluding carboxylic acids is 1. The highest BCUT2D eigenvalue weighted by Crippen LogP contribution is 2.13. The molecule has 0 unspecified atom stereocenters. The first-order valence-corrected chi connectivity index (χ1v) is 5.95. The SMILES string of the molecule is COCCNCCNC(=O)c1cc(F)cc(Cl)c1. The molecule has 0 saturated carbocycles. The highest BCUT2D eigenvalue weighted by molar-refractivity contribution is 6.31. The fourth-order valence-corrected chi connectivity index (χ4v) is 1.57. The zero-order valence-electron chi connectivity index (χ0n) is 10.1. The van der Waals surface area contributed by atoms with Crippen molar-refractivity contribution in [3.8, 4) is 0 Å². The second-order valence-electron chi connectivity index (χ2n) is 3.66. The Hall–Kier alpha value is -1.17. The van der Waals surface area contributed by atoms with E-state index in [9.17, 15) is 9.18 Å². The summed E-state index contributed by atoms with van der Waals surface area (Å²) >= 11 is 5.67. The van der Waals surface area contributed by atoms with Gasteiger partial charge in [0.05, 0.1) is 6.61 Å². The smallest absolute Gasteiger partial charge is 0.251 e. The van der Waals surface area contributed by atoms with Crippen molar-refractivity contribution in [1.82, 2.24) is 10.6 Å². The van der Waals surface area contributed by atoms with Crippen molar-refractivity contribution in [2.24, 2.45) is 0 Å². The molecule has 0 bridgehead atoms. The first-order valence-electron chi connectivity index (χ1n) is 5.57. The summed E-state index contributed by atoms with van der Waals surface area (Å²) in [4.78, 5) is 11.6. The van der Waals surface area contributed by atoms with Crippen molar-refractivity contribution in [1.29, 1.82) is 0 Å². The number of halogens is 2. The van der Waals surface area contributed by atoms with Gasteiger partial charge in [0, 0.05) is 37.3 Å². The van der Waals surface area contributed by atoms with Crippen molar-refractivity contribution >= 4 is 17.5 Å². The van der Waals surface area contributed by atoms with Crippen LogP contribution in [-0.4, -0.2) is 39.3 Å². The van der Waals surface area contributed by atoms with E-state index in [1.54, 1.807) is 7.11 Å². The van der Waals surface area contributed by atoms with Gasteiger partial charge >= 0.3 is 0 Å². The van der Waals surface area contributed by atoms with E-state index in [0.717, 1.165) is 18.7 Å². The summed E-state index contributed by atoms with van der Waals surface area (Å²) in [6.07, 6.45) is 0. The molecular weight excluding hydrogens is 259 g/mol. The lowest BCUT2D eigenvalue weighted by Gasteiger charge is -2.07. The molecule has 0 aliphatic carbocycles. The first kappa shape index (κ1) is 14.9. The molecule has 6 heteroatoms. The van der Waals surface area contributed by atoms with Crippen LogP contribution in [0.5, 0.6) is 0 Å². The van der Waals surface area contributed by atoms with Gasteiger partial charge in [0.25, 0.3) is 5.91 Å². The van der Waals surface area contributed by atoms with Gasteiger partial charge in [0.1, 0.15) is 5.82 Å². The summed E-state index contributed by atoms with van der Waals surface area (Å²) in [6, 6.07) is 3.74. The highest BCUT2D eigenvalue weighted by atomic mass is 35.5. The third kappa shape index (κ3) is 5.44. The zero-order valence-corrected chi connectivity index (χ0v) is 10.9. The van der Waals surface area contributed by atoms with Gasteiger partial charge in [0.2, 0.25) is 0 Å². The Kier molecular flexibility index (Phi) is 6.64. The van der Waals surface area contributed by atoms with E-state index in [2.05, 4.69) is 10.6 Å². The fourth-order valence-electron chi connectivity index (χ4n) is 1.35. The average molecular weight is 275 g/mol. The van der Waals surface area contributed by atoms with Crippen LogP contribution in [0.1, 0.15) is 10.4 Å². The molecule has 1 aromatic rings. The fraction of sp³-hybridized carbons (Fsp3) is 0.417. The third-order valence-corrected chi connectivity index (χ3v) is 2.41. The number of carbonyl (C=O) groups is 1. The molecule has 0 fully saturated rings. The molecule has 0 aliphatic heterocycles. The summed E-state index contributed by atoms with van der Waals surface area (Å²) in [5.41, 5.74) is 0.219. The van der Waals surface area contributed by atoms with Crippen LogP contribution in [0.25, 0.3) is 0 Å². The van der Waals surface area contributed by atoms with Crippen LogP contribution >= 0.6 is 11.6 Å². The number of methoxy groups -OCH3 is 1. The van der Waals surface area contributed by atoms with Crippen LogP contribution in [-0.2, 0) is 4.74 Å². The second kappa shape index (κ2) is 8.02. The van der Waals surface area contributed by atoms with E-state index >= 15 is 0 Å². The molecule has 0 aliphatic rings. The zero-order chi connectivity index (χ0) is 13.4. The Labute approximate surface area is 110 Å². The lowest BCUT2D eigenvalue weighted by molar-refractivity contribution is 0.0953. The predicted molar refractivity (Wildman–Crippen MR) is 68.5 cm³/mol. The lowest BCUT2D eigenvalue weighted by Crippen LogP contribution is -2.33. The Balaban J connectivity index is 2.32. The highest BCUT2D eigenvalue weighted by Gasteiger charge is 2.07. The molecule has 0 radical (unpaired) electrons. The van der Waals surface area contributed by atoms with Crippen LogP contribution in [0.3, 0.4) is 0 Å². The van der Waals surface area contributed by atoms with Gasteiger partial charge in [-0.3, -0.25) is 4.79 Å². The molecular formula is C12H16ClFN2O2. The second-order valence-corrected chi connectivity index (χ2v) is 4.09. The van der Waals surface area contributed by atoms with E-state index in [0.29, 0.717) is 19.7 Å². The van der Waals surface area contributed by atoms with Gasteiger partial charge in [-0.05, 0) is 18.2 Å². The minimum atomic E-state index is -0.522. The Bertz CT molecular complexity index is 381. The Morgan fingerprint density at radius 1 is 1.33 bits per heavy atom. The van der Waals surface area contributed by atoms with Crippen LogP contribution in [0.4, 0.5) is 4.39 Å². The maximum atomic E-state index is 13.0. The standard InChI is InChI=1S/C12H16ClFN2O2/c1-18-5-4-15-2-3-16-12(17)9-6-10(13)8-11(14)7-9/h6-8,15H,2-5H2,1H3,(H,16,17). The normalized spacial score (nSPS) is 10.4. The summed E-state index contributed by atoms with van der Waals surface area (Å²) < 4.78 is 17.9. The lowest BCUT2D eigenvalue weighted by atomic mass is 10.2. The molecule has 0 heterocycles. The van der Waals surface area contributed by atoms with E-state index in [1.807, 2.05) is 0 Å². The molecule has 2 N–H and O–H groups in total. The van der Waals surface area contributed by atoms with Crippen molar-refractivity contribution in [2.45, 2.75) is 0 Å². The van der Waals surface area contributed by atoms with Crippen LogP contribution in [0, 0.1) is 5.82 Å². The molecule has 0 saturated heterocycles. The van der Waals surface area contributed by atoms with Gasteiger partial charge in [0.15, 0.2) is 0 Å². The molecule has 0 atom stereocenters. The van der Waals surface area contributed by atoms with Crippen molar-refractivity contribution < 1.29 is 13.9 Å². The number of nitrogens with one attached hydrogen (secondary N) is 2. The third-order valence-electron chi connectivity index (χ3n) is 2.20. The summed E-state index contributed by atoms with van der Waals surface area (Å²) in [5.74, 6) is -0.865.